The summed E-state index contributed by atoms with van der Waals surface area (Å²) in [5.74, 6) is 0.107. The molecule has 2 aromatic carbocycles. The summed E-state index contributed by atoms with van der Waals surface area (Å²) in [5, 5.41) is 10.1. The van der Waals surface area contributed by atoms with E-state index in [0.717, 1.165) is 24.2 Å². The molecule has 6 nitrogen and oxygen atoms in total. The van der Waals surface area contributed by atoms with Crippen molar-refractivity contribution in [2.75, 3.05) is 13.2 Å². The quantitative estimate of drug-likeness (QED) is 0.227. The van der Waals surface area contributed by atoms with Crippen LogP contribution in [0.3, 0.4) is 0 Å². The minimum atomic E-state index is -0.627. The maximum absolute atomic E-state index is 13.4. The Morgan fingerprint density at radius 3 is 2.49 bits per heavy atom. The summed E-state index contributed by atoms with van der Waals surface area (Å²) >= 11 is 6.25. The molecule has 0 aromatic heterocycles. The molecular weight excluding hydrogens is 464 g/mol. The molecule has 0 radical (unpaired) electrons. The number of nitriles is 1. The van der Waals surface area contributed by atoms with Gasteiger partial charge in [-0.2, -0.15) is 5.26 Å². The SMILES string of the molecule is CCCCCOc1ccc(/C=C2/C(=O)N(Cc3ccccc3Cl)C(=O)C(C#N)=C2C)cc1OCC. The lowest BCUT2D eigenvalue weighted by Gasteiger charge is -2.27. The number of ether oxygens (including phenoxy) is 2. The zero-order valence-electron chi connectivity index (χ0n) is 20.3. The Morgan fingerprint density at radius 1 is 1.03 bits per heavy atom. The van der Waals surface area contributed by atoms with E-state index in [9.17, 15) is 14.9 Å². The minimum absolute atomic E-state index is 0.0259. The maximum atomic E-state index is 13.4. The molecule has 2 amide bonds. The van der Waals surface area contributed by atoms with Crippen LogP contribution in [0.4, 0.5) is 0 Å². The molecule has 1 aliphatic heterocycles. The highest BCUT2D eigenvalue weighted by atomic mass is 35.5. The summed E-state index contributed by atoms with van der Waals surface area (Å²) in [7, 11) is 0. The van der Waals surface area contributed by atoms with Crippen LogP contribution in [0.15, 0.2) is 59.2 Å². The Balaban J connectivity index is 1.97. The molecule has 3 rings (SSSR count). The van der Waals surface area contributed by atoms with Crippen LogP contribution in [-0.4, -0.2) is 29.9 Å². The van der Waals surface area contributed by atoms with Crippen LogP contribution in [0.5, 0.6) is 11.5 Å². The fourth-order valence-electron chi connectivity index (χ4n) is 3.77. The smallest absolute Gasteiger partial charge is 0.271 e. The van der Waals surface area contributed by atoms with E-state index in [4.69, 9.17) is 21.1 Å². The van der Waals surface area contributed by atoms with Gasteiger partial charge in [0.25, 0.3) is 11.8 Å². The van der Waals surface area contributed by atoms with Gasteiger partial charge in [-0.1, -0.05) is 55.6 Å². The molecule has 0 saturated heterocycles. The first-order valence-corrected chi connectivity index (χ1v) is 12.1. The number of carbonyl (C=O) groups is 2. The van der Waals surface area contributed by atoms with Crippen LogP contribution in [0, 0.1) is 11.3 Å². The summed E-state index contributed by atoms with van der Waals surface area (Å²) in [5.41, 5.74) is 1.86. The molecule has 0 saturated carbocycles. The van der Waals surface area contributed by atoms with Crippen molar-refractivity contribution in [2.24, 2.45) is 0 Å². The second-order valence-corrected chi connectivity index (χ2v) is 8.56. The summed E-state index contributed by atoms with van der Waals surface area (Å²) in [6, 6.07) is 14.4. The van der Waals surface area contributed by atoms with Gasteiger partial charge in [-0.15, -0.1) is 0 Å². The molecule has 0 N–H and O–H groups in total. The fraction of sp³-hybridized carbons (Fsp3) is 0.321. The molecule has 182 valence electrons. The second-order valence-electron chi connectivity index (χ2n) is 8.15. The van der Waals surface area contributed by atoms with Crippen LogP contribution in [-0.2, 0) is 16.1 Å². The van der Waals surface area contributed by atoms with Crippen LogP contribution in [0.2, 0.25) is 5.02 Å². The number of hydrogen-bond donors (Lipinski definition) is 0. The van der Waals surface area contributed by atoms with E-state index in [1.54, 1.807) is 43.3 Å². The number of imide groups is 1. The third kappa shape index (κ3) is 6.12. The number of rotatable bonds is 10. The Hall–Kier alpha value is -3.56. The van der Waals surface area contributed by atoms with Gasteiger partial charge in [0.05, 0.1) is 19.8 Å². The van der Waals surface area contributed by atoms with Crippen molar-refractivity contribution in [1.29, 1.82) is 5.26 Å². The molecule has 35 heavy (non-hydrogen) atoms. The van der Waals surface area contributed by atoms with E-state index in [1.165, 1.54) is 0 Å². The summed E-state index contributed by atoms with van der Waals surface area (Å²) < 4.78 is 11.7. The number of unbranched alkanes of at least 4 members (excludes halogenated alkanes) is 2. The summed E-state index contributed by atoms with van der Waals surface area (Å²) in [4.78, 5) is 27.4. The van der Waals surface area contributed by atoms with Gasteiger partial charge in [0.2, 0.25) is 0 Å². The molecule has 1 aliphatic rings. The first kappa shape index (κ1) is 26.1. The first-order valence-electron chi connectivity index (χ1n) is 11.7. The standard InChI is InChI=1S/C28H29ClN2O4/c1-4-6-9-14-35-25-13-12-20(16-26(25)34-5-2)15-22-19(3)23(17-30)28(33)31(27(22)32)18-21-10-7-8-11-24(21)29/h7-8,10-13,15-16H,4-6,9,14,18H2,1-3H3/b22-15+. The molecule has 0 bridgehead atoms. The number of hydrogen-bond acceptors (Lipinski definition) is 5. The van der Waals surface area contributed by atoms with E-state index in [0.29, 0.717) is 46.4 Å². The normalized spacial score (nSPS) is 14.9. The highest BCUT2D eigenvalue weighted by Crippen LogP contribution is 2.33. The average molecular weight is 493 g/mol. The fourth-order valence-corrected chi connectivity index (χ4v) is 3.97. The minimum Gasteiger partial charge on any atom is -0.490 e. The van der Waals surface area contributed by atoms with Crippen LogP contribution < -0.4 is 9.47 Å². The number of benzene rings is 2. The van der Waals surface area contributed by atoms with Gasteiger partial charge in [0.15, 0.2) is 11.5 Å². The third-order valence-electron chi connectivity index (χ3n) is 5.70. The molecule has 0 fully saturated rings. The molecule has 7 heteroatoms. The highest BCUT2D eigenvalue weighted by molar-refractivity contribution is 6.31. The molecule has 0 unspecified atom stereocenters. The highest BCUT2D eigenvalue weighted by Gasteiger charge is 2.35. The molecule has 1 heterocycles. The van der Waals surface area contributed by atoms with Crippen molar-refractivity contribution >= 4 is 29.5 Å². The van der Waals surface area contributed by atoms with Crippen molar-refractivity contribution in [2.45, 2.75) is 46.6 Å². The Kier molecular flexibility index (Phi) is 9.11. The van der Waals surface area contributed by atoms with Crippen molar-refractivity contribution < 1.29 is 19.1 Å². The van der Waals surface area contributed by atoms with Crippen LogP contribution >= 0.6 is 11.6 Å². The van der Waals surface area contributed by atoms with E-state index >= 15 is 0 Å². The monoisotopic (exact) mass is 492 g/mol. The lowest BCUT2D eigenvalue weighted by Crippen LogP contribution is -2.42. The van der Waals surface area contributed by atoms with Crippen LogP contribution in [0.25, 0.3) is 6.08 Å². The predicted molar refractivity (Wildman–Crippen MR) is 136 cm³/mol. The number of amides is 2. The number of halogens is 1. The lowest BCUT2D eigenvalue weighted by atomic mass is 9.93. The topological polar surface area (TPSA) is 79.6 Å². The van der Waals surface area contributed by atoms with Gasteiger partial charge < -0.3 is 9.47 Å². The predicted octanol–water partition coefficient (Wildman–Crippen LogP) is 6.10. The largest absolute Gasteiger partial charge is 0.490 e. The molecule has 0 spiro atoms. The van der Waals surface area contributed by atoms with Gasteiger partial charge in [-0.3, -0.25) is 14.5 Å². The number of carbonyl (C=O) groups excluding carboxylic acids is 2. The van der Waals surface area contributed by atoms with Crippen molar-refractivity contribution in [3.8, 4) is 17.6 Å². The molecular formula is C28H29ClN2O4. The Bertz CT molecular complexity index is 1210. The van der Waals surface area contributed by atoms with Crippen molar-refractivity contribution in [3.63, 3.8) is 0 Å². The van der Waals surface area contributed by atoms with Gasteiger partial charge in [0.1, 0.15) is 11.6 Å². The second kappa shape index (κ2) is 12.2. The summed E-state index contributed by atoms with van der Waals surface area (Å²) in [6.07, 6.45) is 4.82. The third-order valence-corrected chi connectivity index (χ3v) is 6.06. The van der Waals surface area contributed by atoms with E-state index in [2.05, 4.69) is 6.92 Å². The van der Waals surface area contributed by atoms with Crippen molar-refractivity contribution in [1.82, 2.24) is 4.90 Å². The lowest BCUT2D eigenvalue weighted by molar-refractivity contribution is -0.141. The first-order chi connectivity index (χ1) is 16.9. The van der Waals surface area contributed by atoms with Gasteiger partial charge >= 0.3 is 0 Å². The zero-order valence-corrected chi connectivity index (χ0v) is 21.0. The summed E-state index contributed by atoms with van der Waals surface area (Å²) in [6.45, 7) is 6.67. The zero-order chi connectivity index (χ0) is 25.4. The van der Waals surface area contributed by atoms with E-state index in [-0.39, 0.29) is 17.7 Å². The van der Waals surface area contributed by atoms with Crippen LogP contribution in [0.1, 0.15) is 51.2 Å². The average Bonchev–Trinajstić information content (AvgIpc) is 2.85. The van der Waals surface area contributed by atoms with Gasteiger partial charge in [-0.25, -0.2) is 0 Å². The van der Waals surface area contributed by atoms with Crippen molar-refractivity contribution in [3.05, 3.63) is 75.3 Å². The Morgan fingerprint density at radius 2 is 1.80 bits per heavy atom. The maximum Gasteiger partial charge on any atom is 0.271 e. The van der Waals surface area contributed by atoms with E-state index in [1.807, 2.05) is 25.1 Å². The molecule has 0 atom stereocenters. The molecule has 0 aliphatic carbocycles. The van der Waals surface area contributed by atoms with Gasteiger partial charge in [-0.05, 0) is 61.2 Å². The number of nitrogens with zero attached hydrogens (tertiary/aromatic N) is 2. The van der Waals surface area contributed by atoms with E-state index < -0.39 is 11.8 Å². The van der Waals surface area contributed by atoms with Gasteiger partial charge in [0, 0.05) is 10.6 Å². The molecule has 2 aromatic rings. The Labute approximate surface area is 211 Å².